The first kappa shape index (κ1) is 14.7. The number of fused-ring (bicyclic) bond motifs is 1. The molecule has 4 rings (SSSR count). The van der Waals surface area contributed by atoms with E-state index in [0.29, 0.717) is 16.0 Å². The smallest absolute Gasteiger partial charge is 0.260 e. The predicted octanol–water partition coefficient (Wildman–Crippen LogP) is 2.53. The van der Waals surface area contributed by atoms with Crippen molar-refractivity contribution in [2.45, 2.75) is 13.5 Å². The number of aromatic amines is 1. The highest BCUT2D eigenvalue weighted by atomic mass is 32.1. The third-order valence-corrected chi connectivity index (χ3v) is 5.35. The lowest BCUT2D eigenvalue weighted by Crippen LogP contribution is -2.14. The van der Waals surface area contributed by atoms with Crippen molar-refractivity contribution in [2.75, 3.05) is 0 Å². The van der Waals surface area contributed by atoms with E-state index in [9.17, 15) is 4.79 Å². The fourth-order valence-corrected chi connectivity index (χ4v) is 4.33. The van der Waals surface area contributed by atoms with Gasteiger partial charge in [-0.25, -0.2) is 14.6 Å². The molecule has 24 heavy (non-hydrogen) atoms. The summed E-state index contributed by atoms with van der Waals surface area (Å²) in [6.45, 7) is 2.29. The van der Waals surface area contributed by atoms with E-state index in [1.807, 2.05) is 30.5 Å². The van der Waals surface area contributed by atoms with Crippen molar-refractivity contribution in [3.8, 4) is 16.5 Å². The van der Waals surface area contributed by atoms with Gasteiger partial charge in [0.15, 0.2) is 0 Å². The Bertz CT molecular complexity index is 1140. The summed E-state index contributed by atoms with van der Waals surface area (Å²) in [7, 11) is 0. The molecule has 0 atom stereocenters. The van der Waals surface area contributed by atoms with E-state index in [0.717, 1.165) is 10.4 Å². The number of nitriles is 1. The molecule has 0 bridgehead atoms. The highest BCUT2D eigenvalue weighted by Gasteiger charge is 2.14. The van der Waals surface area contributed by atoms with Crippen LogP contribution < -0.4 is 5.56 Å². The van der Waals surface area contributed by atoms with E-state index >= 15 is 0 Å². The second kappa shape index (κ2) is 5.67. The van der Waals surface area contributed by atoms with Gasteiger partial charge in [0.2, 0.25) is 0 Å². The number of hydrogen-bond donors (Lipinski definition) is 1. The minimum absolute atomic E-state index is 0.0879. The van der Waals surface area contributed by atoms with Gasteiger partial charge in [-0.3, -0.25) is 4.79 Å². The Morgan fingerprint density at radius 2 is 2.29 bits per heavy atom. The highest BCUT2D eigenvalue weighted by molar-refractivity contribution is 7.19. The Morgan fingerprint density at radius 3 is 3.00 bits per heavy atom. The summed E-state index contributed by atoms with van der Waals surface area (Å²) in [5, 5.41) is 15.3. The maximum absolute atomic E-state index is 12.5. The van der Waals surface area contributed by atoms with E-state index in [1.54, 1.807) is 11.3 Å². The SMILES string of the molecule is Cc1ccc(-c2csc3nc(Cn4cnc(C#N)n4)[nH]c(=O)c23)s1. The van der Waals surface area contributed by atoms with Crippen LogP contribution in [0.1, 0.15) is 16.5 Å². The first-order chi connectivity index (χ1) is 11.6. The number of H-pyrrole nitrogens is 1. The number of hydrogen-bond acceptors (Lipinski definition) is 7. The molecule has 0 radical (unpaired) electrons. The molecule has 0 aliphatic heterocycles. The summed E-state index contributed by atoms with van der Waals surface area (Å²) >= 11 is 3.10. The quantitative estimate of drug-likeness (QED) is 0.609. The number of aryl methyl sites for hydroxylation is 1. The van der Waals surface area contributed by atoms with Gasteiger partial charge in [-0.15, -0.1) is 27.8 Å². The number of thiophene rings is 2. The minimum Gasteiger partial charge on any atom is -0.308 e. The van der Waals surface area contributed by atoms with E-state index in [1.165, 1.54) is 27.2 Å². The second-order valence-corrected chi connectivity index (χ2v) is 7.28. The van der Waals surface area contributed by atoms with Gasteiger partial charge in [0.25, 0.3) is 11.4 Å². The van der Waals surface area contributed by atoms with Crippen molar-refractivity contribution < 1.29 is 0 Å². The van der Waals surface area contributed by atoms with Crippen molar-refractivity contribution in [2.24, 2.45) is 0 Å². The van der Waals surface area contributed by atoms with Crippen LogP contribution in [0, 0.1) is 18.3 Å². The zero-order valence-corrected chi connectivity index (χ0v) is 14.1. The van der Waals surface area contributed by atoms with Crippen LogP contribution in [0.4, 0.5) is 0 Å². The normalized spacial score (nSPS) is 11.0. The molecular formula is C15H10N6OS2. The van der Waals surface area contributed by atoms with Crippen LogP contribution in [0.3, 0.4) is 0 Å². The molecule has 0 aromatic carbocycles. The first-order valence-corrected chi connectivity index (χ1v) is 8.70. The van der Waals surface area contributed by atoms with Crippen LogP contribution in [0.2, 0.25) is 0 Å². The van der Waals surface area contributed by atoms with Gasteiger partial charge in [-0.2, -0.15) is 5.26 Å². The molecule has 9 heteroatoms. The van der Waals surface area contributed by atoms with Gasteiger partial charge < -0.3 is 4.98 Å². The fraction of sp³-hybridized carbons (Fsp3) is 0.133. The topological polar surface area (TPSA) is 100 Å². The standard InChI is InChI=1S/C15H10N6OS2/c1-8-2-3-10(24-8)9-6-23-15-13(9)14(22)18-12(19-15)5-21-7-17-11(4-16)20-21/h2-3,6-7H,5H2,1H3,(H,18,19,22). The van der Waals surface area contributed by atoms with Crippen LogP contribution in [0.5, 0.6) is 0 Å². The summed E-state index contributed by atoms with van der Waals surface area (Å²) in [5.74, 6) is 0.572. The van der Waals surface area contributed by atoms with Gasteiger partial charge in [0, 0.05) is 20.7 Å². The van der Waals surface area contributed by atoms with E-state index in [2.05, 4.69) is 20.1 Å². The monoisotopic (exact) mass is 354 g/mol. The Labute approximate surface area is 143 Å². The van der Waals surface area contributed by atoms with Crippen LogP contribution in [-0.4, -0.2) is 24.7 Å². The maximum Gasteiger partial charge on any atom is 0.260 e. The molecular weight excluding hydrogens is 344 g/mol. The van der Waals surface area contributed by atoms with Crippen molar-refractivity contribution in [3.05, 3.63) is 50.7 Å². The molecule has 0 aliphatic rings. The predicted molar refractivity (Wildman–Crippen MR) is 92.1 cm³/mol. The second-order valence-electron chi connectivity index (χ2n) is 5.13. The summed E-state index contributed by atoms with van der Waals surface area (Å²) in [6, 6.07) is 5.93. The van der Waals surface area contributed by atoms with E-state index < -0.39 is 0 Å². The number of aromatic nitrogens is 5. The lowest BCUT2D eigenvalue weighted by molar-refractivity contribution is 0.652. The van der Waals surface area contributed by atoms with Crippen LogP contribution in [-0.2, 0) is 6.54 Å². The van der Waals surface area contributed by atoms with Crippen LogP contribution in [0.25, 0.3) is 20.7 Å². The average molecular weight is 354 g/mol. The van der Waals surface area contributed by atoms with Gasteiger partial charge in [0.1, 0.15) is 29.6 Å². The molecule has 0 saturated carbocycles. The molecule has 1 N–H and O–H groups in total. The lowest BCUT2D eigenvalue weighted by atomic mass is 10.2. The van der Waals surface area contributed by atoms with Crippen molar-refractivity contribution in [3.63, 3.8) is 0 Å². The Balaban J connectivity index is 1.76. The first-order valence-electron chi connectivity index (χ1n) is 7.01. The highest BCUT2D eigenvalue weighted by Crippen LogP contribution is 2.34. The minimum atomic E-state index is -0.169. The Morgan fingerprint density at radius 1 is 1.42 bits per heavy atom. The maximum atomic E-state index is 12.5. The molecule has 4 heterocycles. The van der Waals surface area contributed by atoms with Crippen molar-refractivity contribution >= 4 is 32.9 Å². The molecule has 0 fully saturated rings. The van der Waals surface area contributed by atoms with Crippen molar-refractivity contribution in [1.82, 2.24) is 24.7 Å². The molecule has 0 unspecified atom stereocenters. The van der Waals surface area contributed by atoms with Gasteiger partial charge >= 0.3 is 0 Å². The van der Waals surface area contributed by atoms with Gasteiger partial charge in [-0.1, -0.05) is 0 Å². The molecule has 4 aromatic rings. The van der Waals surface area contributed by atoms with Gasteiger partial charge in [-0.05, 0) is 19.1 Å². The van der Waals surface area contributed by atoms with E-state index in [-0.39, 0.29) is 17.9 Å². The summed E-state index contributed by atoms with van der Waals surface area (Å²) < 4.78 is 1.47. The molecule has 4 aromatic heterocycles. The molecule has 0 aliphatic carbocycles. The Hall–Kier alpha value is -2.83. The lowest BCUT2D eigenvalue weighted by Gasteiger charge is -2.01. The third-order valence-electron chi connectivity index (χ3n) is 3.45. The molecule has 0 amide bonds. The molecule has 118 valence electrons. The molecule has 7 nitrogen and oxygen atoms in total. The third kappa shape index (κ3) is 2.51. The summed E-state index contributed by atoms with van der Waals surface area (Å²) in [4.78, 5) is 26.6. The van der Waals surface area contributed by atoms with Gasteiger partial charge in [0.05, 0.1) is 5.39 Å². The average Bonchev–Trinajstić information content (AvgIpc) is 3.26. The summed E-state index contributed by atoms with van der Waals surface area (Å²) in [6.07, 6.45) is 1.44. The Kier molecular flexibility index (Phi) is 3.48. The summed E-state index contributed by atoms with van der Waals surface area (Å²) in [5.41, 5.74) is 0.749. The largest absolute Gasteiger partial charge is 0.308 e. The van der Waals surface area contributed by atoms with Crippen LogP contribution in [0.15, 0.2) is 28.6 Å². The fourth-order valence-electron chi connectivity index (χ4n) is 2.40. The van der Waals surface area contributed by atoms with Crippen LogP contribution >= 0.6 is 22.7 Å². The van der Waals surface area contributed by atoms with Crippen molar-refractivity contribution in [1.29, 1.82) is 5.26 Å². The number of nitrogens with one attached hydrogen (secondary N) is 1. The zero-order chi connectivity index (χ0) is 16.7. The van der Waals surface area contributed by atoms with E-state index in [4.69, 9.17) is 5.26 Å². The number of nitrogens with zero attached hydrogens (tertiary/aromatic N) is 5. The zero-order valence-electron chi connectivity index (χ0n) is 12.5. The molecule has 0 spiro atoms. The number of rotatable bonds is 3. The molecule has 0 saturated heterocycles.